The van der Waals surface area contributed by atoms with Gasteiger partial charge in [-0.3, -0.25) is 18.6 Å². The van der Waals surface area contributed by atoms with Gasteiger partial charge < -0.3 is 18.9 Å². The summed E-state index contributed by atoms with van der Waals surface area (Å²) in [5.41, 5.74) is 0. The van der Waals surface area contributed by atoms with E-state index in [-0.39, 0.29) is 32.0 Å². The zero-order valence-corrected chi connectivity index (χ0v) is 35.8. The second-order valence-corrected chi connectivity index (χ2v) is 16.4. The van der Waals surface area contributed by atoms with Crippen molar-refractivity contribution in [3.63, 3.8) is 0 Å². The van der Waals surface area contributed by atoms with Crippen LogP contribution in [-0.4, -0.2) is 74.9 Å². The zero-order chi connectivity index (χ0) is 40.0. The molecule has 9 nitrogen and oxygen atoms in total. The van der Waals surface area contributed by atoms with Crippen LogP contribution in [0.4, 0.5) is 0 Å². The Morgan fingerprint density at radius 3 is 1.59 bits per heavy atom. The van der Waals surface area contributed by atoms with Gasteiger partial charge in [0.15, 0.2) is 6.10 Å². The summed E-state index contributed by atoms with van der Waals surface area (Å²) in [4.78, 5) is 35.3. The Morgan fingerprint density at radius 1 is 0.593 bits per heavy atom. The highest BCUT2D eigenvalue weighted by molar-refractivity contribution is 7.47. The molecule has 0 heterocycles. The molecule has 312 valence electrons. The molecule has 0 aromatic carbocycles. The molecule has 0 aliphatic heterocycles. The van der Waals surface area contributed by atoms with Crippen LogP contribution < -0.4 is 0 Å². The molecule has 2 atom stereocenters. The number of phosphoric ester groups is 1. The van der Waals surface area contributed by atoms with Crippen LogP contribution >= 0.6 is 7.82 Å². The third kappa shape index (κ3) is 39.4. The molecular formula is C44H79NO8P+. The minimum Gasteiger partial charge on any atom is -0.462 e. The Kier molecular flexibility index (Phi) is 34.8. The number of carbonyl (C=O) groups excluding carboxylic acids is 2. The van der Waals surface area contributed by atoms with Gasteiger partial charge in [-0.1, -0.05) is 132 Å². The SMILES string of the molecule is CC/C=C\C/C=C\C/C=C\C/C=C\CCCCCCCCC(=O)OC(COC(=O)CCCCCCC/C=C\CCCC)COP(=O)(O)OCC[N+](C)(C)C. The number of ether oxygens (including phenoxy) is 2. The van der Waals surface area contributed by atoms with Crippen molar-refractivity contribution in [3.05, 3.63) is 60.8 Å². The first-order valence-electron chi connectivity index (χ1n) is 21.0. The average molecular weight is 781 g/mol. The first kappa shape index (κ1) is 51.7. The van der Waals surface area contributed by atoms with E-state index < -0.39 is 26.5 Å². The molecule has 0 saturated carbocycles. The third-order valence-electron chi connectivity index (χ3n) is 8.53. The quantitative estimate of drug-likeness (QED) is 0.0218. The molecule has 0 radical (unpaired) electrons. The molecule has 1 N–H and O–H groups in total. The molecule has 0 amide bonds. The van der Waals surface area contributed by atoms with E-state index in [1.54, 1.807) is 0 Å². The van der Waals surface area contributed by atoms with Gasteiger partial charge in [-0.2, -0.15) is 0 Å². The summed E-state index contributed by atoms with van der Waals surface area (Å²) in [7, 11) is 1.45. The van der Waals surface area contributed by atoms with E-state index in [1.165, 1.54) is 12.8 Å². The van der Waals surface area contributed by atoms with Gasteiger partial charge in [0, 0.05) is 12.8 Å². The van der Waals surface area contributed by atoms with E-state index in [9.17, 15) is 19.0 Å². The predicted molar refractivity (Wildman–Crippen MR) is 224 cm³/mol. The minimum atomic E-state index is -4.38. The monoisotopic (exact) mass is 781 g/mol. The fraction of sp³-hybridized carbons (Fsp3) is 0.727. The molecule has 2 unspecified atom stereocenters. The maximum atomic E-state index is 12.7. The summed E-state index contributed by atoms with van der Waals surface area (Å²) >= 11 is 0. The molecule has 54 heavy (non-hydrogen) atoms. The second kappa shape index (κ2) is 36.4. The number of quaternary nitrogens is 1. The first-order chi connectivity index (χ1) is 26.0. The Balaban J connectivity index is 4.41. The van der Waals surface area contributed by atoms with Crippen molar-refractivity contribution in [2.24, 2.45) is 0 Å². The van der Waals surface area contributed by atoms with Gasteiger partial charge in [0.05, 0.1) is 27.7 Å². The molecular weight excluding hydrogens is 701 g/mol. The molecule has 0 aromatic heterocycles. The predicted octanol–water partition coefficient (Wildman–Crippen LogP) is 11.7. The van der Waals surface area contributed by atoms with Crippen molar-refractivity contribution in [1.82, 2.24) is 0 Å². The van der Waals surface area contributed by atoms with Gasteiger partial charge >= 0.3 is 19.8 Å². The summed E-state index contributed by atoms with van der Waals surface area (Å²) < 4.78 is 34.2. The fourth-order valence-corrected chi connectivity index (χ4v) is 5.96. The van der Waals surface area contributed by atoms with Crippen LogP contribution in [-0.2, 0) is 32.7 Å². The number of nitrogens with zero attached hydrogens (tertiary/aromatic N) is 1. The van der Waals surface area contributed by atoms with E-state index in [0.717, 1.165) is 109 Å². The normalized spacial score (nSPS) is 14.3. The van der Waals surface area contributed by atoms with Crippen LogP contribution in [0.1, 0.15) is 155 Å². The van der Waals surface area contributed by atoms with Crippen LogP contribution in [0.25, 0.3) is 0 Å². The number of hydrogen-bond donors (Lipinski definition) is 1. The van der Waals surface area contributed by atoms with Crippen molar-refractivity contribution in [1.29, 1.82) is 0 Å². The van der Waals surface area contributed by atoms with Gasteiger partial charge in [0.1, 0.15) is 19.8 Å². The van der Waals surface area contributed by atoms with Crippen molar-refractivity contribution in [3.8, 4) is 0 Å². The van der Waals surface area contributed by atoms with Crippen LogP contribution in [0.15, 0.2) is 60.8 Å². The highest BCUT2D eigenvalue weighted by Gasteiger charge is 2.27. The molecule has 0 bridgehead atoms. The maximum absolute atomic E-state index is 12.7. The Morgan fingerprint density at radius 2 is 1.06 bits per heavy atom. The van der Waals surface area contributed by atoms with E-state index in [2.05, 4.69) is 74.6 Å². The summed E-state index contributed by atoms with van der Waals surface area (Å²) in [5.74, 6) is -0.832. The van der Waals surface area contributed by atoms with Crippen LogP contribution in [0, 0.1) is 0 Å². The molecule has 0 rings (SSSR count). The minimum absolute atomic E-state index is 0.0246. The van der Waals surface area contributed by atoms with Crippen LogP contribution in [0.2, 0.25) is 0 Å². The Bertz CT molecular complexity index is 1110. The lowest BCUT2D eigenvalue weighted by Gasteiger charge is -2.24. The largest absolute Gasteiger partial charge is 0.472 e. The lowest BCUT2D eigenvalue weighted by atomic mass is 10.1. The summed E-state index contributed by atoms with van der Waals surface area (Å²) in [6.45, 7) is 4.22. The number of hydrogen-bond acceptors (Lipinski definition) is 7. The number of rotatable bonds is 37. The topological polar surface area (TPSA) is 108 Å². The van der Waals surface area contributed by atoms with Gasteiger partial charge in [0.25, 0.3) is 0 Å². The Labute approximate surface area is 330 Å². The van der Waals surface area contributed by atoms with Crippen LogP contribution in [0.3, 0.4) is 0 Å². The standard InChI is InChI=1S/C44H78NO8P/c1-6-8-10-12-14-16-18-19-20-21-22-23-24-25-27-29-31-33-35-37-44(47)53-42(41-52-54(48,49)51-39-38-45(3,4)5)40-50-43(46)36-34-32-30-28-26-17-15-13-11-9-7-2/h8,10,13-16,19-20,22-23,42H,6-7,9,11-12,17-18,21,24-41H2,1-5H3/p+1/b10-8-,15-13-,16-14-,20-19-,23-22-. The van der Waals surface area contributed by atoms with E-state index in [1.807, 2.05) is 21.1 Å². The van der Waals surface area contributed by atoms with E-state index >= 15 is 0 Å². The number of esters is 2. The van der Waals surface area contributed by atoms with Gasteiger partial charge in [-0.25, -0.2) is 4.57 Å². The van der Waals surface area contributed by atoms with Crippen molar-refractivity contribution in [2.75, 3.05) is 47.5 Å². The number of phosphoric acid groups is 1. The first-order valence-corrected chi connectivity index (χ1v) is 22.5. The van der Waals surface area contributed by atoms with Crippen molar-refractivity contribution < 1.29 is 42.1 Å². The Hall–Kier alpha value is -2.29. The molecule has 0 aliphatic carbocycles. The number of allylic oxidation sites excluding steroid dienone is 10. The van der Waals surface area contributed by atoms with E-state index in [4.69, 9.17) is 18.5 Å². The van der Waals surface area contributed by atoms with Gasteiger partial charge in [-0.15, -0.1) is 0 Å². The molecule has 10 heteroatoms. The molecule has 0 spiro atoms. The summed E-state index contributed by atoms with van der Waals surface area (Å²) in [6.07, 6.45) is 42.7. The third-order valence-corrected chi connectivity index (χ3v) is 9.52. The number of likely N-dealkylation sites (N-methyl/N-ethyl adjacent to an activating group) is 1. The van der Waals surface area contributed by atoms with E-state index in [0.29, 0.717) is 17.4 Å². The van der Waals surface area contributed by atoms with Crippen molar-refractivity contribution in [2.45, 2.75) is 161 Å². The van der Waals surface area contributed by atoms with Crippen LogP contribution in [0.5, 0.6) is 0 Å². The maximum Gasteiger partial charge on any atom is 0.472 e. The number of carbonyl (C=O) groups is 2. The fourth-order valence-electron chi connectivity index (χ4n) is 5.22. The average Bonchev–Trinajstić information content (AvgIpc) is 3.12. The van der Waals surface area contributed by atoms with Gasteiger partial charge in [0.2, 0.25) is 0 Å². The number of unbranched alkanes of at least 4 members (excludes halogenated alkanes) is 13. The highest BCUT2D eigenvalue weighted by Crippen LogP contribution is 2.43. The second-order valence-electron chi connectivity index (χ2n) is 15.0. The smallest absolute Gasteiger partial charge is 0.462 e. The zero-order valence-electron chi connectivity index (χ0n) is 34.9. The summed E-state index contributed by atoms with van der Waals surface area (Å²) in [6, 6.07) is 0. The molecule has 0 aromatic rings. The van der Waals surface area contributed by atoms with Crippen molar-refractivity contribution >= 4 is 19.8 Å². The molecule has 0 saturated heterocycles. The lowest BCUT2D eigenvalue weighted by Crippen LogP contribution is -2.37. The molecule has 0 fully saturated rings. The molecule has 0 aliphatic rings. The summed E-state index contributed by atoms with van der Waals surface area (Å²) in [5, 5.41) is 0. The van der Waals surface area contributed by atoms with Gasteiger partial charge in [-0.05, 0) is 70.6 Å². The lowest BCUT2D eigenvalue weighted by molar-refractivity contribution is -0.870. The highest BCUT2D eigenvalue weighted by atomic mass is 31.2.